The van der Waals surface area contributed by atoms with E-state index in [-0.39, 0.29) is 53.7 Å². The summed E-state index contributed by atoms with van der Waals surface area (Å²) in [6.45, 7) is 3.88. The van der Waals surface area contributed by atoms with Crippen molar-refractivity contribution in [1.29, 1.82) is 0 Å². The molecular weight excluding hydrogens is 455 g/mol. The van der Waals surface area contributed by atoms with Crippen molar-refractivity contribution in [2.75, 3.05) is 6.61 Å². The van der Waals surface area contributed by atoms with E-state index in [0.29, 0.717) is 0 Å². The van der Waals surface area contributed by atoms with Crippen molar-refractivity contribution in [2.24, 2.45) is 0 Å². The molecular formula is C24H37NaO7S. The van der Waals surface area contributed by atoms with Crippen molar-refractivity contribution in [3.05, 3.63) is 35.4 Å². The zero-order valence-electron chi connectivity index (χ0n) is 20.3. The van der Waals surface area contributed by atoms with E-state index in [4.69, 9.17) is 9.47 Å². The second kappa shape index (κ2) is 18.4. The van der Waals surface area contributed by atoms with Crippen LogP contribution in [0.2, 0.25) is 0 Å². The Kier molecular flexibility index (Phi) is 17.9. The fraction of sp³-hybridized carbons (Fsp3) is 0.667. The molecule has 0 saturated heterocycles. The zero-order valence-corrected chi connectivity index (χ0v) is 23.2. The first-order chi connectivity index (χ1) is 15.3. The van der Waals surface area contributed by atoms with Crippen LogP contribution in [0.3, 0.4) is 0 Å². The van der Waals surface area contributed by atoms with Crippen LogP contribution in [0.5, 0.6) is 0 Å². The fourth-order valence-corrected chi connectivity index (χ4v) is 3.99. The van der Waals surface area contributed by atoms with Crippen molar-refractivity contribution < 1.29 is 61.6 Å². The smallest absolute Gasteiger partial charge is 0.745 e. The van der Waals surface area contributed by atoms with Gasteiger partial charge in [0.15, 0.2) is 5.44 Å². The maximum absolute atomic E-state index is 12.4. The Balaban J connectivity index is 0.0000102. The minimum Gasteiger partial charge on any atom is -0.745 e. The molecule has 1 unspecified atom stereocenters. The minimum atomic E-state index is -4.80. The summed E-state index contributed by atoms with van der Waals surface area (Å²) in [5.41, 5.74) is -1.94. The molecule has 1 rings (SSSR count). The first kappa shape index (κ1) is 32.1. The predicted octanol–water partition coefficient (Wildman–Crippen LogP) is 2.60. The summed E-state index contributed by atoms with van der Waals surface area (Å²) in [5, 5.41) is 0. The van der Waals surface area contributed by atoms with Crippen LogP contribution in [-0.4, -0.2) is 37.0 Å². The van der Waals surface area contributed by atoms with E-state index >= 15 is 0 Å². The first-order valence-corrected chi connectivity index (χ1v) is 13.2. The van der Waals surface area contributed by atoms with E-state index in [1.165, 1.54) is 76.5 Å². The van der Waals surface area contributed by atoms with E-state index < -0.39 is 27.5 Å². The van der Waals surface area contributed by atoms with Gasteiger partial charge < -0.3 is 14.0 Å². The summed E-state index contributed by atoms with van der Waals surface area (Å²) >= 11 is 0. The van der Waals surface area contributed by atoms with Gasteiger partial charge in [0.2, 0.25) is 0 Å². The summed E-state index contributed by atoms with van der Waals surface area (Å²) in [4.78, 5) is 24.7. The average molecular weight is 493 g/mol. The molecule has 0 aliphatic heterocycles. The number of carbonyl (C=O) groups excluding carboxylic acids is 2. The average Bonchev–Trinajstić information content (AvgIpc) is 2.77. The van der Waals surface area contributed by atoms with Gasteiger partial charge in [-0.3, -0.25) is 0 Å². The fourth-order valence-electron chi connectivity index (χ4n) is 3.38. The van der Waals surface area contributed by atoms with E-state index in [1.54, 1.807) is 6.07 Å². The Hall–Kier alpha value is -0.930. The number of esters is 2. The van der Waals surface area contributed by atoms with Crippen molar-refractivity contribution in [1.82, 2.24) is 0 Å². The van der Waals surface area contributed by atoms with Crippen LogP contribution >= 0.6 is 0 Å². The SMILES string of the molecule is CCCCCCCCCCCCCOC(=O)c1ccccc1C(=O)OC(CC)S(=O)(=O)[O-].[Na+]. The molecule has 182 valence electrons. The summed E-state index contributed by atoms with van der Waals surface area (Å²) < 4.78 is 43.6. The minimum absolute atomic E-state index is 0. The number of ether oxygens (including phenoxy) is 2. The van der Waals surface area contributed by atoms with Gasteiger partial charge in [0, 0.05) is 0 Å². The molecule has 0 aliphatic carbocycles. The Labute approximate surface area is 221 Å². The summed E-state index contributed by atoms with van der Waals surface area (Å²) in [6.07, 6.45) is 12.9. The van der Waals surface area contributed by atoms with Crippen LogP contribution in [0, 0.1) is 0 Å². The number of hydrogen-bond donors (Lipinski definition) is 0. The van der Waals surface area contributed by atoms with Crippen LogP contribution in [0.4, 0.5) is 0 Å². The molecule has 7 nitrogen and oxygen atoms in total. The summed E-state index contributed by atoms with van der Waals surface area (Å²) in [5.74, 6) is -1.72. The normalized spacial score (nSPS) is 12.0. The standard InChI is InChI=1S/C24H38O7S.Na/c1-3-5-6-7-8-9-10-11-12-13-16-19-30-23(25)20-17-14-15-18-21(20)24(26)31-22(4-2)32(27,28)29;/h14-15,17-18,22H,3-13,16,19H2,1-2H3,(H,27,28,29);/q;+1/p-1. The Morgan fingerprint density at radius 1 is 0.818 bits per heavy atom. The third kappa shape index (κ3) is 13.5. The van der Waals surface area contributed by atoms with E-state index in [0.717, 1.165) is 19.3 Å². The van der Waals surface area contributed by atoms with Gasteiger partial charge in [0.05, 0.1) is 17.7 Å². The van der Waals surface area contributed by atoms with Crippen LogP contribution in [0.25, 0.3) is 0 Å². The van der Waals surface area contributed by atoms with Crippen LogP contribution < -0.4 is 29.6 Å². The van der Waals surface area contributed by atoms with Gasteiger partial charge in [-0.2, -0.15) is 0 Å². The molecule has 0 spiro atoms. The predicted molar refractivity (Wildman–Crippen MR) is 122 cm³/mol. The molecule has 0 radical (unpaired) electrons. The molecule has 1 aromatic rings. The Bertz CT molecular complexity index is 796. The molecule has 33 heavy (non-hydrogen) atoms. The number of rotatable bonds is 17. The van der Waals surface area contributed by atoms with Gasteiger partial charge >= 0.3 is 41.5 Å². The second-order valence-electron chi connectivity index (χ2n) is 7.95. The van der Waals surface area contributed by atoms with E-state index in [9.17, 15) is 22.6 Å². The van der Waals surface area contributed by atoms with Crippen LogP contribution in [0.1, 0.15) is 112 Å². The first-order valence-electron chi connectivity index (χ1n) is 11.7. The maximum atomic E-state index is 12.4. The quantitative estimate of drug-likeness (QED) is 0.142. The van der Waals surface area contributed by atoms with Crippen molar-refractivity contribution >= 4 is 22.1 Å². The van der Waals surface area contributed by atoms with Crippen molar-refractivity contribution in [2.45, 2.75) is 96.3 Å². The van der Waals surface area contributed by atoms with Gasteiger partial charge in [-0.05, 0) is 25.0 Å². The van der Waals surface area contributed by atoms with Crippen LogP contribution in [-0.2, 0) is 19.6 Å². The number of unbranched alkanes of at least 4 members (excludes halogenated alkanes) is 10. The molecule has 0 heterocycles. The molecule has 0 aliphatic rings. The molecule has 0 bridgehead atoms. The largest absolute Gasteiger partial charge is 1.00 e. The molecule has 1 atom stereocenters. The Morgan fingerprint density at radius 2 is 1.27 bits per heavy atom. The summed E-state index contributed by atoms with van der Waals surface area (Å²) in [6, 6.07) is 5.83. The van der Waals surface area contributed by atoms with Crippen molar-refractivity contribution in [3.8, 4) is 0 Å². The van der Waals surface area contributed by atoms with Crippen molar-refractivity contribution in [3.63, 3.8) is 0 Å². The van der Waals surface area contributed by atoms with E-state index in [2.05, 4.69) is 6.92 Å². The van der Waals surface area contributed by atoms with Gasteiger partial charge in [-0.25, -0.2) is 18.0 Å². The van der Waals surface area contributed by atoms with E-state index in [1.807, 2.05) is 0 Å². The van der Waals surface area contributed by atoms with Gasteiger partial charge in [0.25, 0.3) is 0 Å². The molecule has 0 amide bonds. The zero-order chi connectivity index (χ0) is 23.8. The second-order valence-corrected chi connectivity index (χ2v) is 9.46. The Morgan fingerprint density at radius 3 is 1.73 bits per heavy atom. The molecule has 0 saturated carbocycles. The van der Waals surface area contributed by atoms with Gasteiger partial charge in [0.1, 0.15) is 10.1 Å². The monoisotopic (exact) mass is 492 g/mol. The number of carbonyl (C=O) groups is 2. The molecule has 0 aromatic heterocycles. The third-order valence-corrected chi connectivity index (χ3v) is 6.32. The molecule has 9 heteroatoms. The third-order valence-electron chi connectivity index (χ3n) is 5.24. The van der Waals surface area contributed by atoms with Gasteiger partial charge in [-0.1, -0.05) is 90.2 Å². The molecule has 0 fully saturated rings. The number of benzene rings is 1. The topological polar surface area (TPSA) is 110 Å². The maximum Gasteiger partial charge on any atom is 1.00 e. The number of hydrogen-bond acceptors (Lipinski definition) is 7. The summed E-state index contributed by atoms with van der Waals surface area (Å²) in [7, 11) is -4.80. The molecule has 1 aromatic carbocycles. The molecule has 0 N–H and O–H groups in total. The van der Waals surface area contributed by atoms with Crippen LogP contribution in [0.15, 0.2) is 24.3 Å². The van der Waals surface area contributed by atoms with Gasteiger partial charge in [-0.15, -0.1) is 0 Å².